The smallest absolute Gasteiger partial charge is 0.220 e. The Morgan fingerprint density at radius 2 is 2.11 bits per heavy atom. The molecule has 2 heterocycles. The third-order valence-corrected chi connectivity index (χ3v) is 3.27. The molecule has 0 radical (unpaired) electrons. The van der Waals surface area contributed by atoms with E-state index in [1.807, 2.05) is 18.2 Å². The maximum Gasteiger partial charge on any atom is 0.220 e. The summed E-state index contributed by atoms with van der Waals surface area (Å²) in [6, 6.07) is 7.99. The van der Waals surface area contributed by atoms with Gasteiger partial charge in [0, 0.05) is 22.7 Å². The predicted molar refractivity (Wildman–Crippen MR) is 70.4 cm³/mol. The summed E-state index contributed by atoms with van der Waals surface area (Å²) in [5.41, 5.74) is 8.76. The van der Waals surface area contributed by atoms with Crippen LogP contribution in [0.25, 0.3) is 11.3 Å². The van der Waals surface area contributed by atoms with Gasteiger partial charge in [0.15, 0.2) is 0 Å². The summed E-state index contributed by atoms with van der Waals surface area (Å²) in [7, 11) is 0. The number of nitrogens with two attached hydrogens (primary N) is 1. The molecule has 0 saturated carbocycles. The van der Waals surface area contributed by atoms with Crippen LogP contribution in [0.5, 0.6) is 5.75 Å². The molecule has 0 bridgehead atoms. The van der Waals surface area contributed by atoms with Crippen molar-refractivity contribution in [3.8, 4) is 17.0 Å². The van der Waals surface area contributed by atoms with Gasteiger partial charge in [0.2, 0.25) is 5.95 Å². The van der Waals surface area contributed by atoms with Crippen molar-refractivity contribution in [3.05, 3.63) is 36.0 Å². The molecule has 0 fully saturated rings. The molecule has 18 heavy (non-hydrogen) atoms. The predicted octanol–water partition coefficient (Wildman–Crippen LogP) is 2.40. The molecule has 1 aromatic carbocycles. The Labute approximate surface area is 106 Å². The Morgan fingerprint density at radius 1 is 1.28 bits per heavy atom. The van der Waals surface area contributed by atoms with Gasteiger partial charge in [-0.2, -0.15) is 0 Å². The molecule has 0 spiro atoms. The monoisotopic (exact) mass is 241 g/mol. The van der Waals surface area contributed by atoms with Gasteiger partial charge < -0.3 is 10.5 Å². The molecule has 2 N–H and O–H groups in total. The van der Waals surface area contributed by atoms with Crippen molar-refractivity contribution in [2.45, 2.75) is 19.3 Å². The zero-order chi connectivity index (χ0) is 12.8. The van der Waals surface area contributed by atoms with E-state index in [1.165, 1.54) is 5.56 Å². The standard InChI is InChI=1S/C14H15N3O/c1-14(2)8-18-12-4-3-9(7-10(12)14)11-5-6-16-13(15)17-11/h3-7H,8H2,1-2H3,(H2,15,16,17). The van der Waals surface area contributed by atoms with Crippen molar-refractivity contribution in [1.29, 1.82) is 0 Å². The number of fused-ring (bicyclic) bond motifs is 1. The first-order chi connectivity index (χ1) is 8.56. The van der Waals surface area contributed by atoms with E-state index in [-0.39, 0.29) is 5.41 Å². The highest BCUT2D eigenvalue weighted by Crippen LogP contribution is 2.40. The number of hydrogen-bond acceptors (Lipinski definition) is 4. The summed E-state index contributed by atoms with van der Waals surface area (Å²) in [6.07, 6.45) is 1.67. The summed E-state index contributed by atoms with van der Waals surface area (Å²) in [6.45, 7) is 5.08. The van der Waals surface area contributed by atoms with Crippen molar-refractivity contribution in [3.63, 3.8) is 0 Å². The van der Waals surface area contributed by atoms with Gasteiger partial charge in [-0.05, 0) is 24.3 Å². The number of hydrogen-bond donors (Lipinski definition) is 1. The minimum atomic E-state index is 0.0456. The van der Waals surface area contributed by atoms with E-state index in [9.17, 15) is 0 Å². The van der Waals surface area contributed by atoms with Crippen LogP contribution in [0, 0.1) is 0 Å². The Kier molecular flexibility index (Phi) is 2.26. The molecule has 4 nitrogen and oxygen atoms in total. The van der Waals surface area contributed by atoms with Crippen LogP contribution >= 0.6 is 0 Å². The molecule has 1 aliphatic heterocycles. The lowest BCUT2D eigenvalue weighted by Gasteiger charge is -2.15. The fraction of sp³-hybridized carbons (Fsp3) is 0.286. The van der Waals surface area contributed by atoms with Crippen LogP contribution in [0.4, 0.5) is 5.95 Å². The van der Waals surface area contributed by atoms with Gasteiger partial charge in [0.25, 0.3) is 0 Å². The topological polar surface area (TPSA) is 61.0 Å². The van der Waals surface area contributed by atoms with E-state index in [0.717, 1.165) is 23.6 Å². The molecule has 1 aliphatic rings. The maximum absolute atomic E-state index is 5.67. The zero-order valence-electron chi connectivity index (χ0n) is 10.5. The van der Waals surface area contributed by atoms with Crippen LogP contribution in [0.2, 0.25) is 0 Å². The lowest BCUT2D eigenvalue weighted by atomic mass is 9.86. The lowest BCUT2D eigenvalue weighted by molar-refractivity contribution is 0.291. The molecule has 0 aliphatic carbocycles. The van der Waals surface area contributed by atoms with E-state index in [1.54, 1.807) is 6.20 Å². The number of nitrogens with zero attached hydrogens (tertiary/aromatic N) is 2. The summed E-state index contributed by atoms with van der Waals surface area (Å²) in [5.74, 6) is 1.26. The molecule has 0 atom stereocenters. The van der Waals surface area contributed by atoms with Crippen LogP contribution < -0.4 is 10.5 Å². The highest BCUT2D eigenvalue weighted by atomic mass is 16.5. The average Bonchev–Trinajstić information content (AvgIpc) is 2.65. The Hall–Kier alpha value is -2.10. The highest BCUT2D eigenvalue weighted by molar-refractivity contribution is 5.64. The van der Waals surface area contributed by atoms with Gasteiger partial charge in [0.1, 0.15) is 5.75 Å². The molecule has 92 valence electrons. The first-order valence-corrected chi connectivity index (χ1v) is 5.92. The van der Waals surface area contributed by atoms with Gasteiger partial charge in [-0.1, -0.05) is 13.8 Å². The summed E-state index contributed by atoms with van der Waals surface area (Å²) in [5, 5.41) is 0. The minimum absolute atomic E-state index is 0.0456. The first kappa shape index (κ1) is 11.0. The van der Waals surface area contributed by atoms with Crippen LogP contribution in [0.3, 0.4) is 0 Å². The van der Waals surface area contributed by atoms with Crippen LogP contribution in [0.15, 0.2) is 30.5 Å². The normalized spacial score (nSPS) is 16.1. The van der Waals surface area contributed by atoms with E-state index < -0.39 is 0 Å². The SMILES string of the molecule is CC1(C)COc2ccc(-c3ccnc(N)n3)cc21. The average molecular weight is 241 g/mol. The lowest BCUT2D eigenvalue weighted by Crippen LogP contribution is -2.18. The second-order valence-corrected chi connectivity index (χ2v) is 5.18. The molecule has 0 unspecified atom stereocenters. The number of rotatable bonds is 1. The van der Waals surface area contributed by atoms with Gasteiger partial charge in [-0.3, -0.25) is 0 Å². The number of aromatic nitrogens is 2. The van der Waals surface area contributed by atoms with Crippen molar-refractivity contribution < 1.29 is 4.74 Å². The molecule has 0 saturated heterocycles. The molecule has 0 amide bonds. The van der Waals surface area contributed by atoms with Gasteiger partial charge >= 0.3 is 0 Å². The Bertz CT molecular complexity index is 608. The van der Waals surface area contributed by atoms with Crippen molar-refractivity contribution >= 4 is 5.95 Å². The molecule has 4 heteroatoms. The summed E-state index contributed by atoms with van der Waals surface area (Å²) < 4.78 is 5.67. The third-order valence-electron chi connectivity index (χ3n) is 3.27. The number of benzene rings is 1. The van der Waals surface area contributed by atoms with E-state index in [2.05, 4.69) is 29.9 Å². The highest BCUT2D eigenvalue weighted by Gasteiger charge is 2.31. The van der Waals surface area contributed by atoms with E-state index >= 15 is 0 Å². The number of nitrogen functional groups attached to an aromatic ring is 1. The van der Waals surface area contributed by atoms with Gasteiger partial charge in [-0.15, -0.1) is 0 Å². The zero-order valence-corrected chi connectivity index (χ0v) is 10.5. The molecule has 3 rings (SSSR count). The fourth-order valence-electron chi connectivity index (χ4n) is 2.21. The van der Waals surface area contributed by atoms with Crippen molar-refractivity contribution in [2.24, 2.45) is 0 Å². The minimum Gasteiger partial charge on any atom is -0.492 e. The third kappa shape index (κ3) is 1.70. The van der Waals surface area contributed by atoms with Gasteiger partial charge in [-0.25, -0.2) is 9.97 Å². The van der Waals surface area contributed by atoms with Crippen LogP contribution in [0.1, 0.15) is 19.4 Å². The van der Waals surface area contributed by atoms with Crippen LogP contribution in [-0.4, -0.2) is 16.6 Å². The quantitative estimate of drug-likeness (QED) is 0.832. The van der Waals surface area contributed by atoms with Crippen molar-refractivity contribution in [1.82, 2.24) is 9.97 Å². The molecular weight excluding hydrogens is 226 g/mol. The largest absolute Gasteiger partial charge is 0.492 e. The second kappa shape index (κ2) is 3.70. The summed E-state index contributed by atoms with van der Waals surface area (Å²) >= 11 is 0. The Balaban J connectivity index is 2.11. The fourth-order valence-corrected chi connectivity index (χ4v) is 2.21. The molecule has 2 aromatic rings. The van der Waals surface area contributed by atoms with E-state index in [4.69, 9.17) is 10.5 Å². The van der Waals surface area contributed by atoms with E-state index in [0.29, 0.717) is 5.95 Å². The second-order valence-electron chi connectivity index (χ2n) is 5.18. The number of ether oxygens (including phenoxy) is 1. The van der Waals surface area contributed by atoms with Crippen LogP contribution in [-0.2, 0) is 5.41 Å². The first-order valence-electron chi connectivity index (χ1n) is 5.92. The molecular formula is C14H15N3O. The summed E-state index contributed by atoms with van der Waals surface area (Å²) in [4.78, 5) is 8.15. The van der Waals surface area contributed by atoms with Gasteiger partial charge in [0.05, 0.1) is 12.3 Å². The maximum atomic E-state index is 5.67. The van der Waals surface area contributed by atoms with Crippen molar-refractivity contribution in [2.75, 3.05) is 12.3 Å². The number of anilines is 1. The Morgan fingerprint density at radius 3 is 2.89 bits per heavy atom. The molecule has 1 aromatic heterocycles.